The van der Waals surface area contributed by atoms with E-state index < -0.39 is 5.69 Å². The van der Waals surface area contributed by atoms with Crippen molar-refractivity contribution in [1.82, 2.24) is 15.0 Å². The summed E-state index contributed by atoms with van der Waals surface area (Å²) in [6.45, 7) is 1.62. The highest BCUT2D eigenvalue weighted by molar-refractivity contribution is 8.00. The van der Waals surface area contributed by atoms with Gasteiger partial charge >= 0.3 is 5.69 Å². The highest BCUT2D eigenvalue weighted by Crippen LogP contribution is 2.34. The third-order valence-corrected chi connectivity index (χ3v) is 6.25. The molecule has 1 N–H and O–H groups in total. The van der Waals surface area contributed by atoms with Crippen molar-refractivity contribution >= 4 is 34.7 Å². The fourth-order valence-electron chi connectivity index (χ4n) is 3.03. The zero-order valence-electron chi connectivity index (χ0n) is 15.3. The number of rotatable bonds is 5. The largest absolute Gasteiger partial charge is 0.467 e. The number of aromatic amines is 1. The van der Waals surface area contributed by atoms with Crippen LogP contribution in [0.3, 0.4) is 0 Å². The molecule has 29 heavy (non-hydrogen) atoms. The summed E-state index contributed by atoms with van der Waals surface area (Å²) in [6, 6.07) is 9.19. The number of hydrazone groups is 1. The number of hydrogen-bond donors (Lipinski definition) is 1. The molecular formula is C19H15N5O3S2. The number of amides is 1. The lowest BCUT2D eigenvalue weighted by molar-refractivity contribution is -0.130. The first-order valence-corrected chi connectivity index (χ1v) is 10.5. The SMILES string of the molecule is Cc1[nH]c(=O)nc(SCC(=O)N2N=C(c3cccs3)CC2c2ccco2)c1C#N. The van der Waals surface area contributed by atoms with E-state index in [-0.39, 0.29) is 28.3 Å². The Morgan fingerprint density at radius 3 is 3.03 bits per heavy atom. The van der Waals surface area contributed by atoms with Crippen LogP contribution < -0.4 is 5.69 Å². The minimum atomic E-state index is -0.552. The Morgan fingerprint density at radius 1 is 1.48 bits per heavy atom. The van der Waals surface area contributed by atoms with Gasteiger partial charge in [0, 0.05) is 12.1 Å². The van der Waals surface area contributed by atoms with E-state index in [0.717, 1.165) is 22.4 Å². The van der Waals surface area contributed by atoms with Gasteiger partial charge in [0.2, 0.25) is 0 Å². The van der Waals surface area contributed by atoms with Crippen molar-refractivity contribution in [1.29, 1.82) is 5.26 Å². The third kappa shape index (κ3) is 3.87. The molecule has 0 aliphatic carbocycles. The maximum Gasteiger partial charge on any atom is 0.346 e. The zero-order chi connectivity index (χ0) is 20.4. The molecule has 3 aromatic heterocycles. The van der Waals surface area contributed by atoms with Crippen LogP contribution in [-0.2, 0) is 4.79 Å². The Morgan fingerprint density at radius 2 is 2.34 bits per heavy atom. The number of thiophene rings is 1. The van der Waals surface area contributed by atoms with Crippen molar-refractivity contribution in [3.63, 3.8) is 0 Å². The second-order valence-corrected chi connectivity index (χ2v) is 8.16. The molecule has 1 atom stereocenters. The number of carbonyl (C=O) groups is 1. The summed E-state index contributed by atoms with van der Waals surface area (Å²) in [5, 5.41) is 17.5. The van der Waals surface area contributed by atoms with E-state index in [9.17, 15) is 14.9 Å². The van der Waals surface area contributed by atoms with Crippen LogP contribution >= 0.6 is 23.1 Å². The monoisotopic (exact) mass is 425 g/mol. The number of carbonyl (C=O) groups excluding carboxylic acids is 1. The number of nitrogens with zero attached hydrogens (tertiary/aromatic N) is 4. The topological polar surface area (TPSA) is 115 Å². The molecule has 1 aliphatic rings. The highest BCUT2D eigenvalue weighted by atomic mass is 32.2. The van der Waals surface area contributed by atoms with Gasteiger partial charge < -0.3 is 9.40 Å². The number of nitriles is 1. The number of nitrogens with one attached hydrogen (secondary N) is 1. The molecule has 4 heterocycles. The number of hydrogen-bond acceptors (Lipinski definition) is 8. The van der Waals surface area contributed by atoms with Crippen molar-refractivity contribution in [2.45, 2.75) is 24.4 Å². The van der Waals surface area contributed by atoms with E-state index >= 15 is 0 Å². The minimum absolute atomic E-state index is 0.0109. The predicted molar refractivity (Wildman–Crippen MR) is 109 cm³/mol. The van der Waals surface area contributed by atoms with Gasteiger partial charge in [-0.15, -0.1) is 11.3 Å². The predicted octanol–water partition coefficient (Wildman–Crippen LogP) is 3.07. The van der Waals surface area contributed by atoms with Gasteiger partial charge in [-0.1, -0.05) is 17.8 Å². The molecule has 0 saturated heterocycles. The Hall–Kier alpha value is -3.16. The lowest BCUT2D eigenvalue weighted by Crippen LogP contribution is -2.28. The van der Waals surface area contributed by atoms with Crippen molar-refractivity contribution in [3.05, 3.63) is 68.3 Å². The number of thioether (sulfide) groups is 1. The summed E-state index contributed by atoms with van der Waals surface area (Å²) >= 11 is 2.61. The average Bonchev–Trinajstić information content (AvgIpc) is 3.46. The molecule has 3 aromatic rings. The maximum absolute atomic E-state index is 13.0. The van der Waals surface area contributed by atoms with Crippen LogP contribution in [0.15, 0.2) is 55.2 Å². The van der Waals surface area contributed by atoms with Gasteiger partial charge in [-0.2, -0.15) is 15.3 Å². The molecule has 146 valence electrons. The Balaban J connectivity index is 1.58. The van der Waals surface area contributed by atoms with Gasteiger partial charge in [0.05, 0.1) is 22.6 Å². The lowest BCUT2D eigenvalue weighted by Gasteiger charge is -2.19. The smallest absolute Gasteiger partial charge is 0.346 e. The molecule has 0 bridgehead atoms. The van der Waals surface area contributed by atoms with Crippen LogP contribution in [0.2, 0.25) is 0 Å². The Labute approximate surface area is 173 Å². The summed E-state index contributed by atoms with van der Waals surface area (Å²) in [5.74, 6) is 0.385. The number of aromatic nitrogens is 2. The van der Waals surface area contributed by atoms with Gasteiger partial charge in [0.1, 0.15) is 28.5 Å². The first-order chi connectivity index (χ1) is 14.1. The molecule has 1 aliphatic heterocycles. The summed E-state index contributed by atoms with van der Waals surface area (Å²) in [5.41, 5.74) is 0.955. The van der Waals surface area contributed by atoms with Gasteiger partial charge in [0.25, 0.3) is 5.91 Å². The molecule has 1 unspecified atom stereocenters. The summed E-state index contributed by atoms with van der Waals surface area (Å²) in [7, 11) is 0. The molecule has 10 heteroatoms. The van der Waals surface area contributed by atoms with Crippen molar-refractivity contribution < 1.29 is 9.21 Å². The van der Waals surface area contributed by atoms with Crippen LogP contribution in [0.1, 0.15) is 34.4 Å². The minimum Gasteiger partial charge on any atom is -0.467 e. The normalized spacial score (nSPS) is 15.9. The molecule has 0 saturated carbocycles. The van der Waals surface area contributed by atoms with Crippen LogP contribution in [0.4, 0.5) is 0 Å². The van der Waals surface area contributed by atoms with E-state index in [1.807, 2.05) is 29.6 Å². The van der Waals surface area contributed by atoms with Crippen LogP contribution in [-0.4, -0.2) is 32.3 Å². The van der Waals surface area contributed by atoms with Crippen LogP contribution in [0, 0.1) is 18.3 Å². The Kier molecular flexibility index (Phi) is 5.33. The average molecular weight is 425 g/mol. The van der Waals surface area contributed by atoms with Crippen LogP contribution in [0.25, 0.3) is 0 Å². The molecule has 0 radical (unpaired) electrons. The second kappa shape index (κ2) is 8.06. The summed E-state index contributed by atoms with van der Waals surface area (Å²) in [6.07, 6.45) is 2.12. The molecule has 0 aromatic carbocycles. The van der Waals surface area contributed by atoms with E-state index in [1.54, 1.807) is 30.6 Å². The molecule has 0 spiro atoms. The number of furan rings is 1. The zero-order valence-corrected chi connectivity index (χ0v) is 16.9. The molecule has 1 amide bonds. The van der Waals surface area contributed by atoms with Crippen molar-refractivity contribution in [2.24, 2.45) is 5.10 Å². The number of aryl methyl sites for hydroxylation is 1. The fraction of sp³-hybridized carbons (Fsp3) is 0.211. The van der Waals surface area contributed by atoms with Crippen molar-refractivity contribution in [2.75, 3.05) is 5.75 Å². The highest BCUT2D eigenvalue weighted by Gasteiger charge is 2.35. The van der Waals surface area contributed by atoms with Gasteiger partial charge in [-0.05, 0) is 30.5 Å². The standard InChI is InChI=1S/C19H15N5O3S2/c1-11-12(9-20)18(22-19(26)21-11)29-10-17(25)24-14(15-4-2-6-27-15)8-13(23-24)16-5-3-7-28-16/h2-7,14H,8,10H2,1H3,(H,21,22,26). The third-order valence-electron chi connectivity index (χ3n) is 4.37. The first-order valence-electron chi connectivity index (χ1n) is 8.67. The summed E-state index contributed by atoms with van der Waals surface area (Å²) < 4.78 is 5.52. The van der Waals surface area contributed by atoms with Gasteiger partial charge in [-0.25, -0.2) is 9.80 Å². The molecule has 0 fully saturated rings. The van der Waals surface area contributed by atoms with E-state index in [0.29, 0.717) is 17.9 Å². The fourth-order valence-corrected chi connectivity index (χ4v) is 4.63. The van der Waals surface area contributed by atoms with Gasteiger partial charge in [0.15, 0.2) is 0 Å². The molecular weight excluding hydrogens is 410 g/mol. The lowest BCUT2D eigenvalue weighted by atomic mass is 10.1. The maximum atomic E-state index is 13.0. The van der Waals surface area contributed by atoms with E-state index in [2.05, 4.69) is 15.1 Å². The molecule has 8 nitrogen and oxygen atoms in total. The van der Waals surface area contributed by atoms with Gasteiger partial charge in [-0.3, -0.25) is 4.79 Å². The second-order valence-electron chi connectivity index (χ2n) is 6.25. The van der Waals surface area contributed by atoms with E-state index in [4.69, 9.17) is 4.42 Å². The quantitative estimate of drug-likeness (QED) is 0.496. The van der Waals surface area contributed by atoms with E-state index in [1.165, 1.54) is 5.01 Å². The van der Waals surface area contributed by atoms with Crippen LogP contribution in [0.5, 0.6) is 0 Å². The first kappa shape index (κ1) is 19.2. The van der Waals surface area contributed by atoms with Crippen molar-refractivity contribution in [3.8, 4) is 6.07 Å². The molecule has 4 rings (SSSR count). The summed E-state index contributed by atoms with van der Waals surface area (Å²) in [4.78, 5) is 31.9. The Bertz CT molecular complexity index is 1160. The number of H-pyrrole nitrogens is 1.